The highest BCUT2D eigenvalue weighted by Gasteiger charge is 2.09. The standard InChI is InChI=1S/C18H19N3O2S/c1-13(14-5-3-2-4-6-14)11-19-16(22)7-9-21-12-20-17-15(18(21)23)8-10-24-17/h2-6,8,10,12-13H,7,9,11H2,1H3,(H,19,22)/t13-/m0/s1. The summed E-state index contributed by atoms with van der Waals surface area (Å²) in [5, 5.41) is 5.39. The molecule has 5 nitrogen and oxygen atoms in total. The van der Waals surface area contributed by atoms with Crippen molar-refractivity contribution in [3.05, 3.63) is 64.0 Å². The SMILES string of the molecule is C[C@@H](CNC(=O)CCn1cnc2sccc2c1=O)c1ccccc1. The van der Waals surface area contributed by atoms with Gasteiger partial charge in [0.1, 0.15) is 4.83 Å². The van der Waals surface area contributed by atoms with Gasteiger partial charge in [-0.3, -0.25) is 14.2 Å². The van der Waals surface area contributed by atoms with Gasteiger partial charge in [-0.2, -0.15) is 0 Å². The zero-order valence-electron chi connectivity index (χ0n) is 13.4. The fourth-order valence-electron chi connectivity index (χ4n) is 2.53. The number of hydrogen-bond donors (Lipinski definition) is 1. The summed E-state index contributed by atoms with van der Waals surface area (Å²) >= 11 is 1.44. The molecule has 6 heteroatoms. The molecule has 0 aliphatic rings. The van der Waals surface area contributed by atoms with Gasteiger partial charge in [0.2, 0.25) is 5.91 Å². The molecule has 0 radical (unpaired) electrons. The second-order valence-electron chi connectivity index (χ2n) is 5.75. The molecule has 0 aliphatic carbocycles. The van der Waals surface area contributed by atoms with Gasteiger partial charge < -0.3 is 5.32 Å². The van der Waals surface area contributed by atoms with Crippen molar-refractivity contribution >= 4 is 27.5 Å². The Kier molecular flexibility index (Phi) is 5.05. The van der Waals surface area contributed by atoms with Gasteiger partial charge in [0.05, 0.1) is 11.7 Å². The minimum Gasteiger partial charge on any atom is -0.355 e. The molecule has 124 valence electrons. The lowest BCUT2D eigenvalue weighted by Gasteiger charge is -2.13. The molecule has 0 saturated heterocycles. The number of thiophene rings is 1. The summed E-state index contributed by atoms with van der Waals surface area (Å²) in [6, 6.07) is 11.8. The van der Waals surface area contributed by atoms with E-state index in [2.05, 4.69) is 29.4 Å². The van der Waals surface area contributed by atoms with Crippen molar-refractivity contribution in [2.75, 3.05) is 6.54 Å². The Morgan fingerprint density at radius 1 is 1.29 bits per heavy atom. The van der Waals surface area contributed by atoms with Gasteiger partial charge in [-0.1, -0.05) is 37.3 Å². The summed E-state index contributed by atoms with van der Waals surface area (Å²) in [4.78, 5) is 29.3. The molecule has 0 unspecified atom stereocenters. The zero-order valence-corrected chi connectivity index (χ0v) is 14.3. The minimum atomic E-state index is -0.0910. The highest BCUT2D eigenvalue weighted by atomic mass is 32.1. The number of aromatic nitrogens is 2. The smallest absolute Gasteiger partial charge is 0.262 e. The Balaban J connectivity index is 1.53. The molecule has 1 N–H and O–H groups in total. The van der Waals surface area contributed by atoms with Crippen molar-refractivity contribution in [2.45, 2.75) is 25.8 Å². The lowest BCUT2D eigenvalue weighted by molar-refractivity contribution is -0.121. The summed E-state index contributed by atoms with van der Waals surface area (Å²) in [6.45, 7) is 3.00. The number of nitrogens with zero attached hydrogens (tertiary/aromatic N) is 2. The van der Waals surface area contributed by atoms with Gasteiger partial charge in [0, 0.05) is 19.5 Å². The van der Waals surface area contributed by atoms with Crippen LogP contribution < -0.4 is 10.9 Å². The lowest BCUT2D eigenvalue weighted by Crippen LogP contribution is -2.30. The van der Waals surface area contributed by atoms with Gasteiger partial charge in [-0.25, -0.2) is 4.98 Å². The molecule has 1 aromatic carbocycles. The zero-order chi connectivity index (χ0) is 16.9. The van der Waals surface area contributed by atoms with Gasteiger partial charge >= 0.3 is 0 Å². The fourth-order valence-corrected chi connectivity index (χ4v) is 3.25. The van der Waals surface area contributed by atoms with E-state index in [4.69, 9.17) is 0 Å². The van der Waals surface area contributed by atoms with Crippen LogP contribution in [0.5, 0.6) is 0 Å². The molecule has 24 heavy (non-hydrogen) atoms. The van der Waals surface area contributed by atoms with Crippen LogP contribution in [0.1, 0.15) is 24.8 Å². The maximum absolute atomic E-state index is 12.3. The lowest BCUT2D eigenvalue weighted by atomic mass is 10.0. The molecule has 3 rings (SSSR count). The number of aryl methyl sites for hydroxylation is 1. The largest absolute Gasteiger partial charge is 0.355 e. The number of amides is 1. The summed E-state index contributed by atoms with van der Waals surface area (Å²) in [6.07, 6.45) is 1.78. The van der Waals surface area contributed by atoms with Crippen molar-refractivity contribution < 1.29 is 4.79 Å². The average Bonchev–Trinajstić information content (AvgIpc) is 3.09. The quantitative estimate of drug-likeness (QED) is 0.750. The Labute approximate surface area is 144 Å². The maximum Gasteiger partial charge on any atom is 0.262 e. The topological polar surface area (TPSA) is 64.0 Å². The van der Waals surface area contributed by atoms with E-state index in [-0.39, 0.29) is 23.8 Å². The predicted octanol–water partition coefficient (Wildman–Crippen LogP) is 2.77. The van der Waals surface area contributed by atoms with Gasteiger partial charge in [0.15, 0.2) is 0 Å². The molecule has 1 amide bonds. The normalized spacial score (nSPS) is 12.2. The molecule has 0 aliphatic heterocycles. The van der Waals surface area contributed by atoms with Crippen LogP contribution in [-0.4, -0.2) is 22.0 Å². The van der Waals surface area contributed by atoms with Gasteiger partial charge in [0.25, 0.3) is 5.56 Å². The Bertz CT molecular complexity index is 886. The molecule has 0 spiro atoms. The van der Waals surface area contributed by atoms with Crippen molar-refractivity contribution in [3.63, 3.8) is 0 Å². The Morgan fingerprint density at radius 3 is 2.88 bits per heavy atom. The van der Waals surface area contributed by atoms with Crippen LogP contribution in [-0.2, 0) is 11.3 Å². The number of carbonyl (C=O) groups is 1. The van der Waals surface area contributed by atoms with Crippen LogP contribution in [0.4, 0.5) is 0 Å². The number of nitrogens with one attached hydrogen (secondary N) is 1. The van der Waals surface area contributed by atoms with E-state index in [1.807, 2.05) is 23.6 Å². The van der Waals surface area contributed by atoms with Crippen molar-refractivity contribution in [1.29, 1.82) is 0 Å². The molecule has 3 aromatic rings. The first-order valence-corrected chi connectivity index (χ1v) is 8.77. The number of fused-ring (bicyclic) bond motifs is 1. The van der Waals surface area contributed by atoms with Crippen LogP contribution in [0.25, 0.3) is 10.2 Å². The first kappa shape index (κ1) is 16.4. The van der Waals surface area contributed by atoms with E-state index < -0.39 is 0 Å². The average molecular weight is 341 g/mol. The summed E-state index contributed by atoms with van der Waals surface area (Å²) in [5.74, 6) is 0.191. The van der Waals surface area contributed by atoms with Crippen molar-refractivity contribution in [2.24, 2.45) is 0 Å². The van der Waals surface area contributed by atoms with E-state index in [0.717, 1.165) is 4.83 Å². The monoisotopic (exact) mass is 341 g/mol. The molecule has 2 aromatic heterocycles. The second kappa shape index (κ2) is 7.40. The van der Waals surface area contributed by atoms with Crippen LogP contribution in [0.3, 0.4) is 0 Å². The minimum absolute atomic E-state index is 0.0601. The number of carbonyl (C=O) groups excluding carboxylic acids is 1. The first-order chi connectivity index (χ1) is 11.6. The third-order valence-electron chi connectivity index (χ3n) is 4.00. The van der Waals surface area contributed by atoms with Crippen LogP contribution in [0.15, 0.2) is 52.9 Å². The van der Waals surface area contributed by atoms with Crippen molar-refractivity contribution in [1.82, 2.24) is 14.9 Å². The summed E-state index contributed by atoms with van der Waals surface area (Å²) in [7, 11) is 0. The van der Waals surface area contributed by atoms with E-state index >= 15 is 0 Å². The summed E-state index contributed by atoms with van der Waals surface area (Å²) in [5.41, 5.74) is 1.10. The van der Waals surface area contributed by atoms with Crippen LogP contribution >= 0.6 is 11.3 Å². The Hall–Kier alpha value is -2.47. The van der Waals surface area contributed by atoms with Gasteiger partial charge in [-0.05, 0) is 22.9 Å². The van der Waals surface area contributed by atoms with Crippen LogP contribution in [0, 0.1) is 0 Å². The van der Waals surface area contributed by atoms with E-state index in [9.17, 15) is 9.59 Å². The first-order valence-electron chi connectivity index (χ1n) is 7.89. The van der Waals surface area contributed by atoms with E-state index in [1.165, 1.54) is 27.8 Å². The highest BCUT2D eigenvalue weighted by molar-refractivity contribution is 7.16. The molecular formula is C18H19N3O2S. The predicted molar refractivity (Wildman–Crippen MR) is 96.4 cm³/mol. The number of benzene rings is 1. The fraction of sp³-hybridized carbons (Fsp3) is 0.278. The van der Waals surface area contributed by atoms with Crippen molar-refractivity contribution in [3.8, 4) is 0 Å². The Morgan fingerprint density at radius 2 is 2.08 bits per heavy atom. The molecule has 0 saturated carbocycles. The molecule has 0 bridgehead atoms. The third-order valence-corrected chi connectivity index (χ3v) is 4.82. The molecular weight excluding hydrogens is 322 g/mol. The maximum atomic E-state index is 12.3. The number of hydrogen-bond acceptors (Lipinski definition) is 4. The molecule has 1 atom stereocenters. The van der Waals surface area contributed by atoms with E-state index in [0.29, 0.717) is 18.5 Å². The second-order valence-corrected chi connectivity index (χ2v) is 6.64. The molecule has 2 heterocycles. The number of rotatable bonds is 6. The summed E-state index contributed by atoms with van der Waals surface area (Å²) < 4.78 is 1.50. The molecule has 0 fully saturated rings. The van der Waals surface area contributed by atoms with E-state index in [1.54, 1.807) is 6.07 Å². The third kappa shape index (κ3) is 3.71. The highest BCUT2D eigenvalue weighted by Crippen LogP contribution is 2.14. The van der Waals surface area contributed by atoms with Crippen LogP contribution in [0.2, 0.25) is 0 Å². The van der Waals surface area contributed by atoms with Gasteiger partial charge in [-0.15, -0.1) is 11.3 Å².